The number of halogens is 2. The third-order valence-corrected chi connectivity index (χ3v) is 3.52. The van der Waals surface area contributed by atoms with Gasteiger partial charge in [0.15, 0.2) is 5.82 Å². The fourth-order valence-electron chi connectivity index (χ4n) is 1.65. The van der Waals surface area contributed by atoms with Crippen LogP contribution in [-0.4, -0.2) is 9.97 Å². The third kappa shape index (κ3) is 2.90. The van der Waals surface area contributed by atoms with Crippen LogP contribution in [0.4, 0.5) is 0 Å². The van der Waals surface area contributed by atoms with Crippen molar-refractivity contribution in [3.8, 4) is 11.4 Å². The lowest BCUT2D eigenvalue weighted by Gasteiger charge is -2.09. The van der Waals surface area contributed by atoms with Crippen LogP contribution in [0.2, 0.25) is 5.15 Å². The Kier molecular flexibility index (Phi) is 4.03. The summed E-state index contributed by atoms with van der Waals surface area (Å²) in [6.07, 6.45) is 0. The monoisotopic (exact) mass is 324 g/mol. The van der Waals surface area contributed by atoms with E-state index in [1.54, 1.807) is 0 Å². The van der Waals surface area contributed by atoms with Crippen molar-refractivity contribution in [1.29, 1.82) is 0 Å². The number of rotatable bonds is 2. The van der Waals surface area contributed by atoms with Gasteiger partial charge in [-0.1, -0.05) is 47.4 Å². The average Bonchev–Trinajstić information content (AvgIpc) is 2.27. The Balaban J connectivity index is 2.56. The summed E-state index contributed by atoms with van der Waals surface area (Å²) in [4.78, 5) is 8.87. The normalized spacial score (nSPS) is 11.0. The Hall–Kier alpha value is -0.930. The molecule has 0 amide bonds. The minimum atomic E-state index is 0.327. The number of nitrogens with zero attached hydrogens (tertiary/aromatic N) is 2. The summed E-state index contributed by atoms with van der Waals surface area (Å²) in [6.45, 7) is 6.23. The second-order valence-corrected chi connectivity index (χ2v) is 5.82. The first-order valence-electron chi connectivity index (χ1n) is 5.78. The van der Waals surface area contributed by atoms with Gasteiger partial charge in [0.2, 0.25) is 0 Å². The van der Waals surface area contributed by atoms with Gasteiger partial charge in [-0.2, -0.15) is 0 Å². The Morgan fingerprint density at radius 1 is 1.17 bits per heavy atom. The van der Waals surface area contributed by atoms with Gasteiger partial charge in [0.1, 0.15) is 5.15 Å². The van der Waals surface area contributed by atoms with E-state index in [0.717, 1.165) is 15.7 Å². The standard InChI is InChI=1S/C14H14BrClN2/c1-8(2)12-7-13(16)18-14(17-12)10-5-4-9(3)6-11(10)15/h4-8H,1-3H3. The molecule has 0 bridgehead atoms. The lowest BCUT2D eigenvalue weighted by Crippen LogP contribution is -1.98. The van der Waals surface area contributed by atoms with Gasteiger partial charge in [-0.25, -0.2) is 9.97 Å². The maximum atomic E-state index is 6.06. The van der Waals surface area contributed by atoms with Crippen molar-refractivity contribution in [3.05, 3.63) is 45.1 Å². The topological polar surface area (TPSA) is 25.8 Å². The SMILES string of the molecule is Cc1ccc(-c2nc(Cl)cc(C(C)C)n2)c(Br)c1. The molecule has 0 spiro atoms. The van der Waals surface area contributed by atoms with Crippen molar-refractivity contribution < 1.29 is 0 Å². The zero-order valence-electron chi connectivity index (χ0n) is 10.5. The molecule has 94 valence electrons. The first-order valence-corrected chi connectivity index (χ1v) is 6.95. The number of aromatic nitrogens is 2. The molecule has 2 aromatic rings. The van der Waals surface area contributed by atoms with E-state index in [-0.39, 0.29) is 0 Å². The highest BCUT2D eigenvalue weighted by Crippen LogP contribution is 2.28. The Morgan fingerprint density at radius 2 is 1.89 bits per heavy atom. The van der Waals surface area contributed by atoms with Gasteiger partial charge in [-0.3, -0.25) is 0 Å². The smallest absolute Gasteiger partial charge is 0.162 e. The van der Waals surface area contributed by atoms with Gasteiger partial charge in [-0.15, -0.1) is 0 Å². The Bertz CT molecular complexity index is 582. The third-order valence-electron chi connectivity index (χ3n) is 2.67. The fraction of sp³-hybridized carbons (Fsp3) is 0.286. The number of hydrogen-bond donors (Lipinski definition) is 0. The predicted octanol–water partition coefficient (Wildman–Crippen LogP) is 4.99. The maximum Gasteiger partial charge on any atom is 0.162 e. The van der Waals surface area contributed by atoms with E-state index in [4.69, 9.17) is 11.6 Å². The van der Waals surface area contributed by atoms with Crippen LogP contribution in [0, 0.1) is 6.92 Å². The van der Waals surface area contributed by atoms with E-state index in [9.17, 15) is 0 Å². The van der Waals surface area contributed by atoms with E-state index < -0.39 is 0 Å². The van der Waals surface area contributed by atoms with Crippen molar-refractivity contribution in [2.45, 2.75) is 26.7 Å². The van der Waals surface area contributed by atoms with E-state index in [1.165, 1.54) is 5.56 Å². The molecule has 0 saturated carbocycles. The Labute approximate surface area is 121 Å². The van der Waals surface area contributed by atoms with Gasteiger partial charge in [0.25, 0.3) is 0 Å². The van der Waals surface area contributed by atoms with Crippen LogP contribution >= 0.6 is 27.5 Å². The summed E-state index contributed by atoms with van der Waals surface area (Å²) in [6, 6.07) is 7.92. The highest BCUT2D eigenvalue weighted by molar-refractivity contribution is 9.10. The van der Waals surface area contributed by atoms with Crippen LogP contribution in [-0.2, 0) is 0 Å². The highest BCUT2D eigenvalue weighted by atomic mass is 79.9. The molecular formula is C14H14BrClN2. The quantitative estimate of drug-likeness (QED) is 0.727. The van der Waals surface area contributed by atoms with Crippen LogP contribution in [0.1, 0.15) is 31.0 Å². The van der Waals surface area contributed by atoms with Crippen LogP contribution in [0.3, 0.4) is 0 Å². The molecule has 1 aromatic heterocycles. The predicted molar refractivity (Wildman–Crippen MR) is 79.0 cm³/mol. The van der Waals surface area contributed by atoms with Crippen LogP contribution in [0.5, 0.6) is 0 Å². The summed E-state index contributed by atoms with van der Waals surface area (Å²) in [7, 11) is 0. The van der Waals surface area contributed by atoms with Crippen molar-refractivity contribution in [2.24, 2.45) is 0 Å². The molecule has 0 aliphatic rings. The van der Waals surface area contributed by atoms with Crippen LogP contribution in [0.15, 0.2) is 28.7 Å². The van der Waals surface area contributed by atoms with Gasteiger partial charge < -0.3 is 0 Å². The molecule has 1 aromatic carbocycles. The van der Waals surface area contributed by atoms with Crippen molar-refractivity contribution in [3.63, 3.8) is 0 Å². The van der Waals surface area contributed by atoms with Gasteiger partial charge in [0.05, 0.1) is 0 Å². The van der Waals surface area contributed by atoms with Crippen molar-refractivity contribution in [2.75, 3.05) is 0 Å². The zero-order valence-corrected chi connectivity index (χ0v) is 12.9. The molecule has 0 aliphatic carbocycles. The average molecular weight is 326 g/mol. The molecule has 0 fully saturated rings. The molecule has 0 radical (unpaired) electrons. The summed E-state index contributed by atoms with van der Waals surface area (Å²) < 4.78 is 0.986. The van der Waals surface area contributed by atoms with Gasteiger partial charge in [0, 0.05) is 15.7 Å². The summed E-state index contributed by atoms with van der Waals surface area (Å²) in [5.41, 5.74) is 3.11. The molecule has 4 heteroatoms. The minimum Gasteiger partial charge on any atom is -0.233 e. The lowest BCUT2D eigenvalue weighted by molar-refractivity contribution is 0.816. The first kappa shape index (κ1) is 13.5. The summed E-state index contributed by atoms with van der Waals surface area (Å²) in [5, 5.41) is 0.483. The number of hydrogen-bond acceptors (Lipinski definition) is 2. The second-order valence-electron chi connectivity index (χ2n) is 4.58. The van der Waals surface area contributed by atoms with E-state index in [1.807, 2.05) is 25.1 Å². The summed E-state index contributed by atoms with van der Waals surface area (Å²) in [5.74, 6) is 0.992. The largest absolute Gasteiger partial charge is 0.233 e. The molecule has 1 heterocycles. The summed E-state index contributed by atoms with van der Waals surface area (Å²) >= 11 is 9.61. The van der Waals surface area contributed by atoms with E-state index in [0.29, 0.717) is 16.9 Å². The molecule has 0 N–H and O–H groups in total. The molecule has 0 aliphatic heterocycles. The molecule has 0 unspecified atom stereocenters. The molecule has 18 heavy (non-hydrogen) atoms. The number of benzene rings is 1. The zero-order chi connectivity index (χ0) is 13.3. The van der Waals surface area contributed by atoms with Gasteiger partial charge >= 0.3 is 0 Å². The second kappa shape index (κ2) is 5.37. The van der Waals surface area contributed by atoms with Crippen molar-refractivity contribution >= 4 is 27.5 Å². The molecule has 2 nitrogen and oxygen atoms in total. The van der Waals surface area contributed by atoms with E-state index >= 15 is 0 Å². The molecule has 2 rings (SSSR count). The maximum absolute atomic E-state index is 6.06. The molecular weight excluding hydrogens is 312 g/mol. The first-order chi connectivity index (χ1) is 8.47. The Morgan fingerprint density at radius 3 is 2.50 bits per heavy atom. The van der Waals surface area contributed by atoms with Crippen LogP contribution < -0.4 is 0 Å². The molecule has 0 atom stereocenters. The minimum absolute atomic E-state index is 0.327. The highest BCUT2D eigenvalue weighted by Gasteiger charge is 2.11. The fourth-order valence-corrected chi connectivity index (χ4v) is 2.52. The number of aryl methyl sites for hydroxylation is 1. The van der Waals surface area contributed by atoms with E-state index in [2.05, 4.69) is 45.8 Å². The van der Waals surface area contributed by atoms with Crippen molar-refractivity contribution in [1.82, 2.24) is 9.97 Å². The van der Waals surface area contributed by atoms with Gasteiger partial charge in [-0.05, 0) is 36.6 Å². The molecule has 0 saturated heterocycles. The lowest BCUT2D eigenvalue weighted by atomic mass is 10.1. The van der Waals surface area contributed by atoms with Crippen LogP contribution in [0.25, 0.3) is 11.4 Å².